The van der Waals surface area contributed by atoms with Gasteiger partial charge < -0.3 is 25.1 Å². The number of aryl methyl sites for hydroxylation is 1. The normalized spacial score (nSPS) is 17.4. The number of nitrogens with zero attached hydrogens (tertiary/aromatic N) is 3. The van der Waals surface area contributed by atoms with Gasteiger partial charge >= 0.3 is 0 Å². The van der Waals surface area contributed by atoms with Crippen LogP contribution in [0.2, 0.25) is 0 Å². The molecule has 1 aliphatic heterocycles. The number of Topliss-reactive ketones (excluding diaryl/α,β-unsaturated/α-hetero) is 1. The summed E-state index contributed by atoms with van der Waals surface area (Å²) in [5.41, 5.74) is 8.71. The van der Waals surface area contributed by atoms with E-state index in [0.717, 1.165) is 23.1 Å². The van der Waals surface area contributed by atoms with E-state index in [2.05, 4.69) is 10.3 Å². The number of hydrogen-bond donors (Lipinski definition) is 2. The quantitative estimate of drug-likeness (QED) is 0.378. The number of nitrogens with two attached hydrogens (primary N) is 1. The molecule has 5 rings (SSSR count). The van der Waals surface area contributed by atoms with Gasteiger partial charge in [0.15, 0.2) is 5.78 Å². The van der Waals surface area contributed by atoms with Crippen molar-refractivity contribution in [3.05, 3.63) is 71.8 Å². The highest BCUT2D eigenvalue weighted by atomic mass is 19.1. The van der Waals surface area contributed by atoms with Crippen molar-refractivity contribution in [2.24, 2.45) is 12.8 Å². The number of carbonyl (C=O) groups is 1. The average Bonchev–Trinajstić information content (AvgIpc) is 3.44. The van der Waals surface area contributed by atoms with Crippen LogP contribution in [0.4, 0.5) is 16.0 Å². The third kappa shape index (κ3) is 4.80. The Morgan fingerprint density at radius 2 is 2.06 bits per heavy atom. The molecule has 0 saturated carbocycles. The smallest absolute Gasteiger partial charge is 0.208 e. The number of hydrogen-bond acceptors (Lipinski definition) is 7. The molecule has 1 unspecified atom stereocenters. The van der Waals surface area contributed by atoms with E-state index < -0.39 is 0 Å². The van der Waals surface area contributed by atoms with Crippen molar-refractivity contribution in [1.82, 2.24) is 14.5 Å². The minimum atomic E-state index is -0.342. The highest BCUT2D eigenvalue weighted by Gasteiger charge is 2.34. The monoisotopic (exact) mass is 489 g/mol. The molecule has 2 aromatic carbocycles. The van der Waals surface area contributed by atoms with Gasteiger partial charge in [0.05, 0.1) is 36.3 Å². The predicted octanol–water partition coefficient (Wildman–Crippen LogP) is 4.39. The number of pyridine rings is 1. The highest BCUT2D eigenvalue weighted by molar-refractivity contribution is 5.82. The molecule has 2 aromatic heterocycles. The lowest BCUT2D eigenvalue weighted by molar-refractivity contribution is -0.117. The lowest BCUT2D eigenvalue weighted by atomic mass is 9.81. The first-order valence-corrected chi connectivity index (χ1v) is 11.8. The molecule has 1 atom stereocenters. The number of benzene rings is 2. The van der Waals surface area contributed by atoms with Crippen molar-refractivity contribution in [3.8, 4) is 11.5 Å². The lowest BCUT2D eigenvalue weighted by Crippen LogP contribution is -2.23. The molecule has 36 heavy (non-hydrogen) atoms. The number of rotatable bonds is 8. The van der Waals surface area contributed by atoms with Crippen molar-refractivity contribution in [2.75, 3.05) is 25.1 Å². The molecule has 1 aliphatic rings. The molecular weight excluding hydrogens is 461 g/mol. The minimum Gasteiger partial charge on any atom is -0.457 e. The summed E-state index contributed by atoms with van der Waals surface area (Å²) in [5.74, 6) is 1.48. The van der Waals surface area contributed by atoms with Crippen LogP contribution in [0.15, 0.2) is 54.7 Å². The topological polar surface area (TPSA) is 104 Å². The molecule has 0 bridgehead atoms. The van der Waals surface area contributed by atoms with Crippen LogP contribution >= 0.6 is 0 Å². The van der Waals surface area contributed by atoms with Gasteiger partial charge in [0.25, 0.3) is 0 Å². The van der Waals surface area contributed by atoms with Gasteiger partial charge in [-0.1, -0.05) is 6.92 Å². The Balaban J connectivity index is 1.38. The zero-order valence-electron chi connectivity index (χ0n) is 20.3. The molecule has 0 radical (unpaired) electrons. The number of fused-ring (bicyclic) bond motifs is 1. The largest absolute Gasteiger partial charge is 0.457 e. The number of aromatic nitrogens is 3. The zero-order chi connectivity index (χ0) is 25.3. The summed E-state index contributed by atoms with van der Waals surface area (Å²) in [6, 6.07) is 14.1. The van der Waals surface area contributed by atoms with E-state index in [1.54, 1.807) is 24.4 Å². The van der Waals surface area contributed by atoms with E-state index in [1.807, 2.05) is 42.8 Å². The minimum absolute atomic E-state index is 0.0214. The zero-order valence-corrected chi connectivity index (χ0v) is 20.3. The number of nitrogens with one attached hydrogen (secondary N) is 1. The first-order valence-electron chi connectivity index (χ1n) is 11.8. The van der Waals surface area contributed by atoms with Crippen LogP contribution in [0, 0.1) is 5.82 Å². The highest BCUT2D eigenvalue weighted by Crippen LogP contribution is 2.36. The van der Waals surface area contributed by atoms with Crippen LogP contribution in [0.25, 0.3) is 11.0 Å². The lowest BCUT2D eigenvalue weighted by Gasteiger charge is -2.23. The first-order chi connectivity index (χ1) is 17.3. The second-order valence-corrected chi connectivity index (χ2v) is 9.33. The number of ether oxygens (including phenoxy) is 2. The summed E-state index contributed by atoms with van der Waals surface area (Å²) < 4.78 is 28.1. The van der Waals surface area contributed by atoms with E-state index in [4.69, 9.17) is 20.2 Å². The second-order valence-electron chi connectivity index (χ2n) is 9.33. The summed E-state index contributed by atoms with van der Waals surface area (Å²) >= 11 is 0. The van der Waals surface area contributed by atoms with Gasteiger partial charge in [-0.3, -0.25) is 9.78 Å². The van der Waals surface area contributed by atoms with E-state index in [9.17, 15) is 9.18 Å². The van der Waals surface area contributed by atoms with Gasteiger partial charge in [-0.05, 0) is 48.4 Å². The van der Waals surface area contributed by atoms with Crippen LogP contribution in [-0.4, -0.2) is 40.1 Å². The van der Waals surface area contributed by atoms with Gasteiger partial charge in [-0.2, -0.15) is 0 Å². The number of ketones is 1. The van der Waals surface area contributed by atoms with Gasteiger partial charge in [0.1, 0.15) is 17.3 Å². The fourth-order valence-electron chi connectivity index (χ4n) is 4.46. The predicted molar refractivity (Wildman–Crippen MR) is 135 cm³/mol. The maximum atomic E-state index is 14.6. The van der Waals surface area contributed by atoms with Crippen molar-refractivity contribution in [2.45, 2.75) is 25.2 Å². The van der Waals surface area contributed by atoms with E-state index in [1.165, 1.54) is 6.07 Å². The molecule has 1 fully saturated rings. The first kappa shape index (κ1) is 23.9. The van der Waals surface area contributed by atoms with Crippen LogP contribution in [0.5, 0.6) is 11.5 Å². The van der Waals surface area contributed by atoms with Crippen molar-refractivity contribution in [1.29, 1.82) is 0 Å². The molecule has 3 N–H and O–H groups in total. The Morgan fingerprint density at radius 3 is 2.83 bits per heavy atom. The molecule has 8 nitrogen and oxygen atoms in total. The number of halogens is 1. The molecule has 1 saturated heterocycles. The Labute approximate surface area is 208 Å². The molecule has 0 aliphatic carbocycles. The van der Waals surface area contributed by atoms with E-state index in [0.29, 0.717) is 41.9 Å². The molecule has 4 aromatic rings. The third-order valence-electron chi connectivity index (χ3n) is 6.57. The van der Waals surface area contributed by atoms with Crippen LogP contribution in [0.1, 0.15) is 24.6 Å². The standard InChI is InChI=1S/C27H28FN5O3/c1-27(8-10-35-16-27)22-13-17(3-5-23(22)28)31-26-32-24-14-20(4-6-25(24)33(26)2)36-21-7-9-30-18(12-21)11-19(34)15-29/h3-7,9,12-14H,8,10-11,15-16,29H2,1-2H3,(H,31,32). The SMILES string of the molecule is Cn1c(Nc2ccc(F)c(C3(C)CCOC3)c2)nc2cc(Oc3ccnc(CC(=O)CN)c3)ccc21. The number of anilines is 2. The third-order valence-corrected chi connectivity index (χ3v) is 6.57. The van der Waals surface area contributed by atoms with Gasteiger partial charge in [0.2, 0.25) is 5.95 Å². The van der Waals surface area contributed by atoms with Crippen LogP contribution in [-0.2, 0) is 28.4 Å². The van der Waals surface area contributed by atoms with Crippen LogP contribution < -0.4 is 15.8 Å². The van der Waals surface area contributed by atoms with Gasteiger partial charge in [-0.15, -0.1) is 0 Å². The molecule has 3 heterocycles. The molecule has 0 amide bonds. The Morgan fingerprint density at radius 1 is 1.22 bits per heavy atom. The Kier molecular flexibility index (Phi) is 6.42. The molecule has 0 spiro atoms. The summed E-state index contributed by atoms with van der Waals surface area (Å²) in [7, 11) is 1.92. The van der Waals surface area contributed by atoms with Crippen LogP contribution in [0.3, 0.4) is 0 Å². The number of imidazole rings is 1. The fraction of sp³-hybridized carbons (Fsp3) is 0.296. The summed E-state index contributed by atoms with van der Waals surface area (Å²) in [4.78, 5) is 20.6. The van der Waals surface area contributed by atoms with Gasteiger partial charge in [0, 0.05) is 43.1 Å². The Bertz CT molecular complexity index is 1430. The van der Waals surface area contributed by atoms with E-state index >= 15 is 0 Å². The van der Waals surface area contributed by atoms with Gasteiger partial charge in [-0.25, -0.2) is 9.37 Å². The summed E-state index contributed by atoms with van der Waals surface area (Å²) in [5, 5.41) is 3.32. The molecular formula is C27H28FN5O3. The maximum absolute atomic E-state index is 14.6. The molecule has 9 heteroatoms. The fourth-order valence-corrected chi connectivity index (χ4v) is 4.46. The number of carbonyl (C=O) groups excluding carboxylic acids is 1. The van der Waals surface area contributed by atoms with Crippen molar-refractivity contribution < 1.29 is 18.7 Å². The molecule has 186 valence electrons. The second kappa shape index (κ2) is 9.67. The van der Waals surface area contributed by atoms with Crippen molar-refractivity contribution in [3.63, 3.8) is 0 Å². The maximum Gasteiger partial charge on any atom is 0.208 e. The van der Waals surface area contributed by atoms with E-state index in [-0.39, 0.29) is 30.0 Å². The average molecular weight is 490 g/mol. The van der Waals surface area contributed by atoms with Crippen molar-refractivity contribution >= 4 is 28.5 Å². The summed E-state index contributed by atoms with van der Waals surface area (Å²) in [6.45, 7) is 3.15. The Hall–Kier alpha value is -3.82. The summed E-state index contributed by atoms with van der Waals surface area (Å²) in [6.07, 6.45) is 2.55.